The van der Waals surface area contributed by atoms with Crippen molar-refractivity contribution in [2.45, 2.75) is 0 Å². The minimum atomic E-state index is -0.322. The predicted octanol–water partition coefficient (Wildman–Crippen LogP) is 2.44. The van der Waals surface area contributed by atoms with Gasteiger partial charge < -0.3 is 10.2 Å². The van der Waals surface area contributed by atoms with Gasteiger partial charge >= 0.3 is 0 Å². The van der Waals surface area contributed by atoms with Crippen LogP contribution in [-0.2, 0) is 0 Å². The molecule has 0 radical (unpaired) electrons. The summed E-state index contributed by atoms with van der Waals surface area (Å²) < 4.78 is 0. The van der Waals surface area contributed by atoms with Crippen molar-refractivity contribution in [1.82, 2.24) is 15.2 Å². The Bertz CT molecular complexity index is 870. The summed E-state index contributed by atoms with van der Waals surface area (Å²) in [4.78, 5) is 30.7. The molecule has 2 amide bonds. The summed E-state index contributed by atoms with van der Waals surface area (Å²) >= 11 is 1.37. The number of anilines is 3. The van der Waals surface area contributed by atoms with Crippen LogP contribution < -0.4 is 15.5 Å². The second-order valence-corrected chi connectivity index (χ2v) is 6.29. The minimum Gasteiger partial charge on any atom is -0.346 e. The highest BCUT2D eigenvalue weighted by Gasteiger charge is 2.11. The highest BCUT2D eigenvalue weighted by atomic mass is 32.1. The van der Waals surface area contributed by atoms with E-state index >= 15 is 0 Å². The monoisotopic (exact) mass is 356 g/mol. The number of aromatic nitrogens is 3. The van der Waals surface area contributed by atoms with Crippen molar-refractivity contribution < 1.29 is 9.59 Å². The van der Waals surface area contributed by atoms with Gasteiger partial charge in [0.1, 0.15) is 0 Å². The van der Waals surface area contributed by atoms with Gasteiger partial charge in [0, 0.05) is 25.3 Å². The molecule has 1 aromatic carbocycles. The standard InChI is InChI=1S/C16H16N6O2S/c1-22(2)16-19-15(20-21-16)18-13(23)10-5-7-11(8-6-10)17-14(24)12-4-3-9-25-12/h3-9H,1-2H3,(H,17,24)(H2,18,19,20,21,23). The Morgan fingerprint density at radius 2 is 1.84 bits per heavy atom. The van der Waals surface area contributed by atoms with Gasteiger partial charge in [0.05, 0.1) is 4.88 Å². The number of rotatable bonds is 5. The first-order chi connectivity index (χ1) is 12.0. The molecule has 2 heterocycles. The van der Waals surface area contributed by atoms with Crippen molar-refractivity contribution in [1.29, 1.82) is 0 Å². The third-order valence-electron chi connectivity index (χ3n) is 3.26. The summed E-state index contributed by atoms with van der Waals surface area (Å²) in [5.74, 6) is 0.244. The largest absolute Gasteiger partial charge is 0.346 e. The first kappa shape index (κ1) is 16.7. The van der Waals surface area contributed by atoms with E-state index in [0.29, 0.717) is 22.1 Å². The Balaban J connectivity index is 1.63. The zero-order valence-corrected chi connectivity index (χ0v) is 14.4. The molecule has 0 fully saturated rings. The van der Waals surface area contributed by atoms with Gasteiger partial charge in [0.15, 0.2) is 0 Å². The zero-order chi connectivity index (χ0) is 17.8. The number of benzene rings is 1. The fourth-order valence-electron chi connectivity index (χ4n) is 1.99. The van der Waals surface area contributed by atoms with Crippen molar-refractivity contribution in [2.24, 2.45) is 0 Å². The van der Waals surface area contributed by atoms with Crippen molar-refractivity contribution in [3.63, 3.8) is 0 Å². The van der Waals surface area contributed by atoms with E-state index in [1.807, 2.05) is 11.4 Å². The number of aromatic amines is 1. The molecular weight excluding hydrogens is 340 g/mol. The Kier molecular flexibility index (Phi) is 4.75. The summed E-state index contributed by atoms with van der Waals surface area (Å²) in [6, 6.07) is 10.2. The van der Waals surface area contributed by atoms with Gasteiger partial charge in [-0.15, -0.1) is 16.4 Å². The zero-order valence-electron chi connectivity index (χ0n) is 13.6. The first-order valence-corrected chi connectivity index (χ1v) is 8.27. The van der Waals surface area contributed by atoms with E-state index in [2.05, 4.69) is 25.8 Å². The van der Waals surface area contributed by atoms with E-state index in [4.69, 9.17) is 0 Å². The number of amides is 2. The van der Waals surface area contributed by atoms with E-state index in [1.165, 1.54) is 11.3 Å². The molecule has 0 aliphatic rings. The van der Waals surface area contributed by atoms with Crippen LogP contribution in [0.25, 0.3) is 0 Å². The molecule has 3 N–H and O–H groups in total. The van der Waals surface area contributed by atoms with Crippen LogP contribution in [0.5, 0.6) is 0 Å². The summed E-state index contributed by atoms with van der Waals surface area (Å²) in [5.41, 5.74) is 1.06. The molecule has 0 saturated heterocycles. The highest BCUT2D eigenvalue weighted by molar-refractivity contribution is 7.12. The number of thiophene rings is 1. The lowest BCUT2D eigenvalue weighted by molar-refractivity contribution is 0.102. The summed E-state index contributed by atoms with van der Waals surface area (Å²) in [6.45, 7) is 0. The number of hydrogen-bond acceptors (Lipinski definition) is 6. The van der Waals surface area contributed by atoms with Gasteiger partial charge in [-0.1, -0.05) is 6.07 Å². The van der Waals surface area contributed by atoms with Gasteiger partial charge in [-0.3, -0.25) is 14.9 Å². The molecule has 128 valence electrons. The molecular formula is C16H16N6O2S. The molecule has 3 aromatic rings. The number of carbonyl (C=O) groups excluding carboxylic acids is 2. The molecule has 0 aliphatic heterocycles. The van der Waals surface area contributed by atoms with Crippen LogP contribution in [0, 0.1) is 0 Å². The molecule has 0 saturated carbocycles. The Labute approximate surface area is 147 Å². The molecule has 0 unspecified atom stereocenters. The Hall–Kier alpha value is -3.20. The molecule has 0 bridgehead atoms. The maximum Gasteiger partial charge on any atom is 0.265 e. The summed E-state index contributed by atoms with van der Waals surface area (Å²) in [6.07, 6.45) is 0. The third kappa shape index (κ3) is 4.01. The Morgan fingerprint density at radius 3 is 2.44 bits per heavy atom. The maximum absolute atomic E-state index is 12.2. The second-order valence-electron chi connectivity index (χ2n) is 5.34. The number of nitrogens with zero attached hydrogens (tertiary/aromatic N) is 3. The lowest BCUT2D eigenvalue weighted by Crippen LogP contribution is -2.14. The second kappa shape index (κ2) is 7.14. The van der Waals surface area contributed by atoms with E-state index < -0.39 is 0 Å². The Morgan fingerprint density at radius 1 is 1.08 bits per heavy atom. The lowest BCUT2D eigenvalue weighted by Gasteiger charge is -2.06. The molecule has 8 nitrogen and oxygen atoms in total. The van der Waals surface area contributed by atoms with E-state index in [0.717, 1.165) is 0 Å². The molecule has 0 spiro atoms. The van der Waals surface area contributed by atoms with Crippen LogP contribution in [0.15, 0.2) is 41.8 Å². The number of H-pyrrole nitrogens is 1. The normalized spacial score (nSPS) is 10.3. The molecule has 3 rings (SSSR count). The number of hydrogen-bond donors (Lipinski definition) is 3. The third-order valence-corrected chi connectivity index (χ3v) is 4.12. The van der Waals surface area contributed by atoms with Gasteiger partial charge in [0.2, 0.25) is 11.9 Å². The van der Waals surface area contributed by atoms with Crippen molar-refractivity contribution >= 4 is 40.7 Å². The molecule has 9 heteroatoms. The first-order valence-electron chi connectivity index (χ1n) is 7.39. The van der Waals surface area contributed by atoms with Crippen LogP contribution >= 0.6 is 11.3 Å². The van der Waals surface area contributed by atoms with Gasteiger partial charge in [-0.2, -0.15) is 4.98 Å². The molecule has 0 aliphatic carbocycles. The highest BCUT2D eigenvalue weighted by Crippen LogP contribution is 2.15. The van der Waals surface area contributed by atoms with Gasteiger partial charge in [-0.05, 0) is 35.7 Å². The van der Waals surface area contributed by atoms with Gasteiger partial charge in [-0.25, -0.2) is 5.10 Å². The van der Waals surface area contributed by atoms with Crippen molar-refractivity contribution in [3.8, 4) is 0 Å². The number of carbonyl (C=O) groups is 2. The summed E-state index contributed by atoms with van der Waals surface area (Å²) in [5, 5.41) is 13.9. The number of nitrogens with one attached hydrogen (secondary N) is 3. The molecule has 25 heavy (non-hydrogen) atoms. The van der Waals surface area contributed by atoms with Crippen molar-refractivity contribution in [2.75, 3.05) is 29.6 Å². The van der Waals surface area contributed by atoms with E-state index in [1.54, 1.807) is 49.3 Å². The van der Waals surface area contributed by atoms with E-state index in [9.17, 15) is 9.59 Å². The summed E-state index contributed by atoms with van der Waals surface area (Å²) in [7, 11) is 3.61. The van der Waals surface area contributed by atoms with E-state index in [-0.39, 0.29) is 17.8 Å². The van der Waals surface area contributed by atoms with Crippen molar-refractivity contribution in [3.05, 3.63) is 52.2 Å². The van der Waals surface area contributed by atoms with Crippen LogP contribution in [0.4, 0.5) is 17.6 Å². The predicted molar refractivity (Wildman–Crippen MR) is 97.4 cm³/mol. The minimum absolute atomic E-state index is 0.176. The van der Waals surface area contributed by atoms with Crippen LogP contribution in [0.1, 0.15) is 20.0 Å². The van der Waals surface area contributed by atoms with Crippen LogP contribution in [0.2, 0.25) is 0 Å². The average molecular weight is 356 g/mol. The molecule has 2 aromatic heterocycles. The topological polar surface area (TPSA) is 103 Å². The smallest absolute Gasteiger partial charge is 0.265 e. The maximum atomic E-state index is 12.2. The fraction of sp³-hybridized carbons (Fsp3) is 0.125. The average Bonchev–Trinajstić information content (AvgIpc) is 3.27. The quantitative estimate of drug-likeness (QED) is 0.651. The SMILES string of the molecule is CN(C)c1n[nH]c(NC(=O)c2ccc(NC(=O)c3cccs3)cc2)n1. The van der Waals surface area contributed by atoms with Gasteiger partial charge in [0.25, 0.3) is 11.8 Å². The molecule has 0 atom stereocenters. The van der Waals surface area contributed by atoms with Crippen LogP contribution in [0.3, 0.4) is 0 Å². The fourth-order valence-corrected chi connectivity index (χ4v) is 2.61. The lowest BCUT2D eigenvalue weighted by atomic mass is 10.2. The van der Waals surface area contributed by atoms with Crippen LogP contribution in [-0.4, -0.2) is 41.1 Å².